The molecule has 0 aromatic heterocycles. The van der Waals surface area contributed by atoms with E-state index in [4.69, 9.17) is 15.9 Å². The molecule has 1 aromatic rings. The van der Waals surface area contributed by atoms with Crippen molar-refractivity contribution in [3.63, 3.8) is 0 Å². The molecule has 4 N–H and O–H groups in total. The number of amides is 2. The molecule has 2 saturated heterocycles. The minimum Gasteiger partial charge on any atom is -0.408 e. The van der Waals surface area contributed by atoms with E-state index in [1.807, 2.05) is 13.8 Å². The molecule has 2 heterocycles. The average molecular weight is 524 g/mol. The third-order valence-corrected chi connectivity index (χ3v) is 6.44. The summed E-state index contributed by atoms with van der Waals surface area (Å²) in [5, 5.41) is 10.1. The van der Waals surface area contributed by atoms with E-state index in [2.05, 4.69) is 16.9 Å². The summed E-state index contributed by atoms with van der Waals surface area (Å²) < 4.78 is 48.6. The van der Waals surface area contributed by atoms with E-state index in [9.17, 15) is 22.8 Å². The normalized spacial score (nSPS) is 19.3. The summed E-state index contributed by atoms with van der Waals surface area (Å²) >= 11 is 0. The van der Waals surface area contributed by atoms with Crippen LogP contribution in [0, 0.1) is 23.0 Å². The van der Waals surface area contributed by atoms with Gasteiger partial charge in [0.25, 0.3) is 6.02 Å². The van der Waals surface area contributed by atoms with Gasteiger partial charge in [-0.05, 0) is 44.7 Å². The van der Waals surface area contributed by atoms with Crippen LogP contribution in [-0.2, 0) is 14.3 Å². The highest BCUT2D eigenvalue weighted by Gasteiger charge is 2.34. The number of imide groups is 1. The largest absolute Gasteiger partial charge is 0.408 e. The number of aliphatic imine (C=N–C) groups is 1. The zero-order valence-corrected chi connectivity index (χ0v) is 22.0. The molecule has 2 unspecified atom stereocenters. The molecule has 204 valence electrons. The average Bonchev–Trinajstić information content (AvgIpc) is 2.77. The number of nitrogens with one attached hydrogen (secondary N) is 2. The summed E-state index contributed by atoms with van der Waals surface area (Å²) in [4.78, 5) is 29.1. The van der Waals surface area contributed by atoms with Crippen LogP contribution >= 0.6 is 0 Å². The van der Waals surface area contributed by atoms with Gasteiger partial charge in [-0.2, -0.15) is 0 Å². The molecular weight excluding hydrogens is 487 g/mol. The molecule has 3 rings (SSSR count). The first-order valence-electron chi connectivity index (χ1n) is 12.3. The number of piperidine rings is 1. The van der Waals surface area contributed by atoms with Crippen LogP contribution in [0.15, 0.2) is 29.3 Å². The Labute approximate surface area is 215 Å². The number of ether oxygens (including phenoxy) is 1. The van der Waals surface area contributed by atoms with Crippen molar-refractivity contribution in [3.8, 4) is 0 Å². The molecule has 0 bridgehead atoms. The Bertz CT molecular complexity index is 1050. The van der Waals surface area contributed by atoms with Crippen LogP contribution in [0.4, 0.5) is 18.9 Å². The van der Waals surface area contributed by atoms with Crippen LogP contribution in [0.5, 0.6) is 0 Å². The summed E-state index contributed by atoms with van der Waals surface area (Å²) in [6.45, 7) is 13.0. The Kier molecular flexibility index (Phi) is 9.88. The summed E-state index contributed by atoms with van der Waals surface area (Å²) in [6, 6.07) is 1.73. The maximum Gasteiger partial charge on any atom is 0.289 e. The maximum absolute atomic E-state index is 14.7. The lowest BCUT2D eigenvalue weighted by Gasteiger charge is -2.39. The highest BCUT2D eigenvalue weighted by atomic mass is 19.1. The summed E-state index contributed by atoms with van der Waals surface area (Å²) in [7, 11) is 0. The Hall–Kier alpha value is -3.37. The molecule has 2 atom stereocenters. The Morgan fingerprint density at radius 1 is 1.30 bits per heavy atom. The molecule has 2 aliphatic rings. The number of rotatable bonds is 7. The first-order chi connectivity index (χ1) is 17.3. The van der Waals surface area contributed by atoms with Gasteiger partial charge >= 0.3 is 0 Å². The number of nitrogens with two attached hydrogens (primary N) is 1. The van der Waals surface area contributed by atoms with Crippen molar-refractivity contribution in [2.75, 3.05) is 18.0 Å². The number of benzene rings is 1. The van der Waals surface area contributed by atoms with Gasteiger partial charge in [0.2, 0.25) is 17.7 Å². The van der Waals surface area contributed by atoms with Gasteiger partial charge in [-0.15, -0.1) is 0 Å². The van der Waals surface area contributed by atoms with Crippen LogP contribution in [-0.4, -0.2) is 48.5 Å². The number of alkyl halides is 1. The van der Waals surface area contributed by atoms with Crippen molar-refractivity contribution in [2.24, 2.45) is 16.6 Å². The monoisotopic (exact) mass is 523 g/mol. The molecule has 2 fully saturated rings. The van der Waals surface area contributed by atoms with Gasteiger partial charge in [-0.1, -0.05) is 27.4 Å². The fourth-order valence-electron chi connectivity index (χ4n) is 3.89. The van der Waals surface area contributed by atoms with E-state index in [0.29, 0.717) is 18.7 Å². The molecule has 1 aromatic carbocycles. The van der Waals surface area contributed by atoms with Crippen LogP contribution in [0.1, 0.15) is 65.4 Å². The van der Waals surface area contributed by atoms with E-state index in [-0.39, 0.29) is 54.4 Å². The van der Waals surface area contributed by atoms with Crippen molar-refractivity contribution < 1.29 is 27.5 Å². The second kappa shape index (κ2) is 12.2. The predicted octanol–water partition coefficient (Wildman–Crippen LogP) is 4.34. The Morgan fingerprint density at radius 2 is 1.86 bits per heavy atom. The smallest absolute Gasteiger partial charge is 0.289 e. The topological polar surface area (TPSA) is 121 Å². The Balaban J connectivity index is 0.00000235. The SMILES string of the molecule is C=C(CC(C)C(C)(C)F)C(=N)OC(N)=NC1CN(c2cc(F)c(C3CCC(=O)NC3=O)c(F)c2)C1.CC. The molecule has 0 saturated carbocycles. The van der Waals surface area contributed by atoms with Gasteiger partial charge in [0, 0.05) is 36.3 Å². The molecule has 2 amide bonds. The number of hydrogen-bond acceptors (Lipinski definition) is 6. The van der Waals surface area contributed by atoms with E-state index in [1.54, 1.807) is 11.8 Å². The van der Waals surface area contributed by atoms with Crippen molar-refractivity contribution in [1.82, 2.24) is 5.32 Å². The van der Waals surface area contributed by atoms with Crippen molar-refractivity contribution >= 4 is 29.4 Å². The second-order valence-electron chi connectivity index (χ2n) is 9.56. The molecule has 0 spiro atoms. The number of carbonyl (C=O) groups is 2. The summed E-state index contributed by atoms with van der Waals surface area (Å²) in [6.07, 6.45) is 0.284. The van der Waals surface area contributed by atoms with E-state index < -0.39 is 35.0 Å². The zero-order valence-electron chi connectivity index (χ0n) is 22.0. The second-order valence-corrected chi connectivity index (χ2v) is 9.56. The number of anilines is 1. The lowest BCUT2D eigenvalue weighted by atomic mass is 9.89. The van der Waals surface area contributed by atoms with Gasteiger partial charge < -0.3 is 15.4 Å². The fraction of sp³-hybridized carbons (Fsp3) is 0.538. The number of nitrogens with zero attached hydrogens (tertiary/aromatic N) is 2. The van der Waals surface area contributed by atoms with E-state index in [1.165, 1.54) is 13.8 Å². The van der Waals surface area contributed by atoms with Gasteiger partial charge in [0.15, 0.2) is 0 Å². The minimum atomic E-state index is -1.43. The quantitative estimate of drug-likeness (QED) is 0.279. The predicted molar refractivity (Wildman–Crippen MR) is 137 cm³/mol. The standard InChI is InChI=1S/C24H30F3N5O3.C2H6/c1-12(7-13(2)24(3,4)27)21(28)35-23(29)30-14-10-32(11-14)15-8-17(25)20(18(26)9-15)16-5-6-19(33)31-22(16)34;1-2/h8-9,13-14,16,28H,1,5-7,10-11H2,2-4H3,(H2,29,30)(H,31,33,34);1-2H3. The van der Waals surface area contributed by atoms with Gasteiger partial charge in [0.05, 0.1) is 12.0 Å². The van der Waals surface area contributed by atoms with E-state index >= 15 is 0 Å². The molecule has 0 radical (unpaired) electrons. The molecule has 2 aliphatic heterocycles. The van der Waals surface area contributed by atoms with Crippen molar-refractivity contribution in [1.29, 1.82) is 5.41 Å². The third-order valence-electron chi connectivity index (χ3n) is 6.44. The lowest BCUT2D eigenvalue weighted by molar-refractivity contribution is -0.134. The lowest BCUT2D eigenvalue weighted by Crippen LogP contribution is -2.51. The molecule has 11 heteroatoms. The van der Waals surface area contributed by atoms with Gasteiger partial charge in [-0.3, -0.25) is 20.3 Å². The third kappa shape index (κ3) is 7.56. The molecule has 8 nitrogen and oxygen atoms in total. The van der Waals surface area contributed by atoms with Crippen LogP contribution in [0.2, 0.25) is 0 Å². The highest BCUT2D eigenvalue weighted by Crippen LogP contribution is 2.33. The van der Waals surface area contributed by atoms with Crippen LogP contribution in [0.25, 0.3) is 0 Å². The van der Waals surface area contributed by atoms with Crippen LogP contribution < -0.4 is 16.0 Å². The molecular formula is C26H36F3N5O3. The summed E-state index contributed by atoms with van der Waals surface area (Å²) in [5.74, 6) is -4.62. The Morgan fingerprint density at radius 3 is 2.38 bits per heavy atom. The van der Waals surface area contributed by atoms with Gasteiger partial charge in [0.1, 0.15) is 17.3 Å². The van der Waals surface area contributed by atoms with Crippen molar-refractivity contribution in [3.05, 3.63) is 41.5 Å². The number of halogens is 3. The minimum absolute atomic E-state index is 0.0179. The number of amidine groups is 1. The first kappa shape index (κ1) is 29.9. The zero-order chi connectivity index (χ0) is 28.1. The summed E-state index contributed by atoms with van der Waals surface area (Å²) in [5.41, 5.74) is 4.56. The highest BCUT2D eigenvalue weighted by molar-refractivity contribution is 6.01. The number of hydrogen-bond donors (Lipinski definition) is 3. The molecule has 0 aliphatic carbocycles. The van der Waals surface area contributed by atoms with E-state index in [0.717, 1.165) is 12.1 Å². The maximum atomic E-state index is 14.7. The molecule has 37 heavy (non-hydrogen) atoms. The van der Waals surface area contributed by atoms with Crippen LogP contribution in [0.3, 0.4) is 0 Å². The fourth-order valence-corrected chi connectivity index (χ4v) is 3.89. The first-order valence-corrected chi connectivity index (χ1v) is 12.3. The van der Waals surface area contributed by atoms with Crippen molar-refractivity contribution in [2.45, 2.75) is 71.5 Å². The number of carbonyl (C=O) groups excluding carboxylic acids is 2. The van der Waals surface area contributed by atoms with Gasteiger partial charge in [-0.25, -0.2) is 18.2 Å².